The fraction of sp³-hybridized carbons (Fsp3) is 0.684. The van der Waals surface area contributed by atoms with Gasteiger partial charge < -0.3 is 19.9 Å². The lowest BCUT2D eigenvalue weighted by atomic mass is 9.50. The summed E-state index contributed by atoms with van der Waals surface area (Å²) in [4.78, 5) is 27.7. The van der Waals surface area contributed by atoms with Gasteiger partial charge in [-0.15, -0.1) is 0 Å². The fourth-order valence-electron chi connectivity index (χ4n) is 10.7. The minimum Gasteiger partial charge on any atom is -0.393 e. The molecule has 3 fully saturated rings. The van der Waals surface area contributed by atoms with Crippen LogP contribution in [0.15, 0.2) is 41.3 Å². The summed E-state index contributed by atoms with van der Waals surface area (Å²) in [6.45, 7) is 11.2. The van der Waals surface area contributed by atoms with E-state index >= 15 is 0 Å². The van der Waals surface area contributed by atoms with Gasteiger partial charge in [-0.05, 0) is 85.7 Å². The number of aliphatic hydroxyl groups excluding tert-OH is 1. The Hall–Kier alpha value is -2.49. The van der Waals surface area contributed by atoms with Crippen molar-refractivity contribution in [1.82, 2.24) is 4.72 Å². The van der Waals surface area contributed by atoms with E-state index in [4.69, 9.17) is 0 Å². The third-order valence-electron chi connectivity index (χ3n) is 13.5. The normalized spacial score (nSPS) is 35.0. The molecule has 0 spiro atoms. The van der Waals surface area contributed by atoms with Crippen molar-refractivity contribution < 1.29 is 28.2 Å². The average molecular weight is 669 g/mol. The summed E-state index contributed by atoms with van der Waals surface area (Å²) in [5.41, 5.74) is -0.705. The van der Waals surface area contributed by atoms with Crippen LogP contribution in [0.25, 0.3) is 10.8 Å². The third-order valence-corrected chi connectivity index (χ3v) is 14.9. The zero-order valence-electron chi connectivity index (χ0n) is 29.3. The number of hydrogen-bond donors (Lipinski definition) is 3. The number of rotatable bonds is 11. The van der Waals surface area contributed by atoms with Crippen LogP contribution in [0.5, 0.6) is 0 Å². The lowest BCUT2D eigenvalue weighted by Gasteiger charge is -2.55. The minimum atomic E-state index is -4.05. The fourth-order valence-corrected chi connectivity index (χ4v) is 11.9. The van der Waals surface area contributed by atoms with Gasteiger partial charge in [-0.2, -0.15) is 0 Å². The molecule has 0 heterocycles. The molecule has 0 aliphatic heterocycles. The summed E-state index contributed by atoms with van der Waals surface area (Å²) in [5.74, 6) is 0.152. The van der Waals surface area contributed by atoms with Gasteiger partial charge in [0.1, 0.15) is 6.29 Å². The number of carbonyl (C=O) groups is 2. The lowest BCUT2D eigenvalue weighted by molar-refractivity contribution is -0.156. The van der Waals surface area contributed by atoms with Gasteiger partial charge in [0, 0.05) is 54.7 Å². The van der Waals surface area contributed by atoms with Crippen LogP contribution in [-0.2, 0) is 19.6 Å². The van der Waals surface area contributed by atoms with E-state index in [0.717, 1.165) is 49.5 Å². The summed E-state index contributed by atoms with van der Waals surface area (Å²) in [7, 11) is -0.237. The molecule has 4 unspecified atom stereocenters. The number of amides is 1. The van der Waals surface area contributed by atoms with Crippen LogP contribution in [0.2, 0.25) is 0 Å². The van der Waals surface area contributed by atoms with Crippen LogP contribution in [0, 0.1) is 46.3 Å². The molecule has 0 bridgehead atoms. The molecule has 3 aliphatic carbocycles. The van der Waals surface area contributed by atoms with E-state index in [-0.39, 0.29) is 52.2 Å². The molecule has 0 radical (unpaired) electrons. The molecule has 0 aromatic heterocycles. The number of hydrogen-bond acceptors (Lipinski definition) is 7. The Labute approximate surface area is 281 Å². The van der Waals surface area contributed by atoms with Crippen LogP contribution in [0.1, 0.15) is 92.4 Å². The maximum Gasteiger partial charge on any atom is 0.264 e. The van der Waals surface area contributed by atoms with Crippen molar-refractivity contribution >= 4 is 38.7 Å². The second-order valence-corrected chi connectivity index (χ2v) is 17.5. The molecule has 1 amide bonds. The van der Waals surface area contributed by atoms with Crippen molar-refractivity contribution in [2.24, 2.45) is 46.3 Å². The van der Waals surface area contributed by atoms with Gasteiger partial charge in [-0.1, -0.05) is 65.3 Å². The highest BCUT2D eigenvalue weighted by molar-refractivity contribution is 7.90. The van der Waals surface area contributed by atoms with Gasteiger partial charge in [-0.3, -0.25) is 4.79 Å². The Balaban J connectivity index is 1.25. The third kappa shape index (κ3) is 5.92. The number of fused-ring (bicyclic) bond motifs is 4. The van der Waals surface area contributed by atoms with Crippen molar-refractivity contribution in [2.75, 3.05) is 19.0 Å². The summed E-state index contributed by atoms with van der Waals surface area (Å²) >= 11 is 0. The first-order valence-corrected chi connectivity index (χ1v) is 19.1. The molecule has 47 heavy (non-hydrogen) atoms. The average Bonchev–Trinajstić information content (AvgIpc) is 3.21. The highest BCUT2D eigenvalue weighted by atomic mass is 32.2. The van der Waals surface area contributed by atoms with Crippen LogP contribution >= 0.6 is 0 Å². The first-order chi connectivity index (χ1) is 22.1. The zero-order valence-corrected chi connectivity index (χ0v) is 30.1. The Bertz CT molecular complexity index is 1590. The smallest absolute Gasteiger partial charge is 0.264 e. The molecular weight excluding hydrogens is 612 g/mol. The van der Waals surface area contributed by atoms with E-state index in [1.807, 2.05) is 37.2 Å². The van der Waals surface area contributed by atoms with Gasteiger partial charge in [0.2, 0.25) is 5.91 Å². The first-order valence-electron chi connectivity index (χ1n) is 17.7. The van der Waals surface area contributed by atoms with E-state index in [0.29, 0.717) is 24.1 Å². The van der Waals surface area contributed by atoms with Gasteiger partial charge in [0.05, 0.1) is 16.6 Å². The number of sulfonamides is 1. The summed E-state index contributed by atoms with van der Waals surface area (Å²) in [6.07, 6.45) is 6.45. The van der Waals surface area contributed by atoms with Crippen molar-refractivity contribution in [3.05, 3.63) is 36.4 Å². The highest BCUT2D eigenvalue weighted by Gasteiger charge is 2.71. The number of carbonyl (C=O) groups excluding carboxylic acids is 2. The van der Waals surface area contributed by atoms with E-state index in [2.05, 4.69) is 39.3 Å². The van der Waals surface area contributed by atoms with E-state index in [1.54, 1.807) is 12.1 Å². The van der Waals surface area contributed by atoms with Crippen LogP contribution < -0.4 is 9.62 Å². The second kappa shape index (κ2) is 13.1. The molecule has 8 nitrogen and oxygen atoms in total. The molecule has 3 aliphatic rings. The van der Waals surface area contributed by atoms with Gasteiger partial charge in [0.25, 0.3) is 10.0 Å². The molecule has 3 N–H and O–H groups in total. The monoisotopic (exact) mass is 668 g/mol. The summed E-state index contributed by atoms with van der Waals surface area (Å²) < 4.78 is 29.0. The number of aldehydes is 1. The minimum absolute atomic E-state index is 0.0548. The molecule has 0 saturated heterocycles. The number of anilines is 1. The Morgan fingerprint density at radius 2 is 1.77 bits per heavy atom. The van der Waals surface area contributed by atoms with Crippen LogP contribution in [-0.4, -0.2) is 56.6 Å². The summed E-state index contributed by atoms with van der Waals surface area (Å²) in [6, 6.07) is 10.6. The number of aliphatic hydroxyl groups is 2. The SMILES string of the molecule is CCC1C2C(CC[C@]1(C)[C@H](C)[C@H](C)CCCC(=O)NS(=O)(=O)c1cccc3c(N(C)C)cccc13)[C@@]1(C)CC[C@H](O)CC1(O)[C@@H]2C=O. The van der Waals surface area contributed by atoms with Crippen molar-refractivity contribution in [2.45, 2.75) is 109 Å². The zero-order chi connectivity index (χ0) is 34.5. The van der Waals surface area contributed by atoms with Crippen LogP contribution in [0.3, 0.4) is 0 Å². The predicted molar refractivity (Wildman–Crippen MR) is 186 cm³/mol. The molecule has 260 valence electrons. The second-order valence-electron chi connectivity index (χ2n) is 15.9. The maximum absolute atomic E-state index is 13.4. The molecule has 10 atom stereocenters. The van der Waals surface area contributed by atoms with Gasteiger partial charge in [0.15, 0.2) is 0 Å². The maximum atomic E-state index is 13.4. The molecule has 2 aromatic carbocycles. The Morgan fingerprint density at radius 3 is 2.43 bits per heavy atom. The predicted octanol–water partition coefficient (Wildman–Crippen LogP) is 6.32. The van der Waals surface area contributed by atoms with E-state index in [1.165, 1.54) is 6.07 Å². The topological polar surface area (TPSA) is 124 Å². The van der Waals surface area contributed by atoms with Gasteiger partial charge >= 0.3 is 0 Å². The first kappa shape index (κ1) is 35.8. The van der Waals surface area contributed by atoms with E-state index < -0.39 is 33.6 Å². The summed E-state index contributed by atoms with van der Waals surface area (Å²) in [5, 5.41) is 24.0. The molecule has 3 saturated carbocycles. The van der Waals surface area contributed by atoms with Crippen LogP contribution in [0.4, 0.5) is 5.69 Å². The number of nitrogens with one attached hydrogen (secondary N) is 1. The van der Waals surface area contributed by atoms with Gasteiger partial charge in [-0.25, -0.2) is 13.1 Å². The quantitative estimate of drug-likeness (QED) is 0.239. The molecule has 9 heteroatoms. The Morgan fingerprint density at radius 1 is 1.09 bits per heavy atom. The van der Waals surface area contributed by atoms with Crippen molar-refractivity contribution in [1.29, 1.82) is 0 Å². The van der Waals surface area contributed by atoms with Crippen molar-refractivity contribution in [3.8, 4) is 0 Å². The molecular formula is C38H56N2O6S. The van der Waals surface area contributed by atoms with Crippen molar-refractivity contribution in [3.63, 3.8) is 0 Å². The lowest BCUT2D eigenvalue weighted by Crippen LogP contribution is -2.54. The highest BCUT2D eigenvalue weighted by Crippen LogP contribution is 2.70. The number of nitrogens with zero attached hydrogens (tertiary/aromatic N) is 1. The number of benzene rings is 2. The molecule has 2 aromatic rings. The Kier molecular flexibility index (Phi) is 9.97. The van der Waals surface area contributed by atoms with E-state index in [9.17, 15) is 28.2 Å². The standard InChI is InChI=1S/C38H56N2O6S/c1-8-29-35-30(37(5)21-18-26(42)22-38(37,44)31(35)23-41)19-20-36(29,4)25(3)24(2)12-9-17-34(43)39-47(45,46)33-16-11-13-27-28(33)14-10-15-32(27)40(6)7/h10-11,13-16,23-26,29-31,35,42,44H,8-9,12,17-22H2,1-7H3,(H,39,43)/t24-,25-,26+,29?,30?,31-,35?,36-,37-,38?/m1/s1. The largest absolute Gasteiger partial charge is 0.393 e. The molecule has 5 rings (SSSR count).